The van der Waals surface area contributed by atoms with Gasteiger partial charge in [0.15, 0.2) is 10.3 Å². The summed E-state index contributed by atoms with van der Waals surface area (Å²) >= 11 is 2.95. The first-order chi connectivity index (χ1) is 11.7. The van der Waals surface area contributed by atoms with Crippen LogP contribution in [0.3, 0.4) is 0 Å². The van der Waals surface area contributed by atoms with E-state index in [-0.39, 0.29) is 5.91 Å². The number of benzene rings is 1. The Bertz CT molecular complexity index is 865. The van der Waals surface area contributed by atoms with Gasteiger partial charge in [-0.25, -0.2) is 15.0 Å². The van der Waals surface area contributed by atoms with Crippen LogP contribution in [-0.4, -0.2) is 27.4 Å². The number of aromatic nitrogens is 3. The topological polar surface area (TPSA) is 79.8 Å². The molecule has 124 valence electrons. The third-order valence-electron chi connectivity index (χ3n) is 3.11. The third-order valence-corrected chi connectivity index (χ3v) is 4.80. The van der Waals surface area contributed by atoms with Crippen LogP contribution >= 0.6 is 23.1 Å². The van der Waals surface area contributed by atoms with Crippen LogP contribution in [0.2, 0.25) is 0 Å². The van der Waals surface area contributed by atoms with Crippen molar-refractivity contribution in [3.8, 4) is 0 Å². The second-order valence-corrected chi connectivity index (χ2v) is 6.82. The van der Waals surface area contributed by atoms with Crippen molar-refractivity contribution >= 4 is 50.9 Å². The number of rotatable bonds is 6. The Morgan fingerprint density at radius 3 is 2.88 bits per heavy atom. The van der Waals surface area contributed by atoms with E-state index in [1.165, 1.54) is 30.0 Å². The molecule has 0 atom stereocenters. The lowest BCUT2D eigenvalue weighted by molar-refractivity contribution is -0.114. The molecule has 0 aliphatic rings. The zero-order valence-corrected chi connectivity index (χ0v) is 15.0. The van der Waals surface area contributed by atoms with Crippen molar-refractivity contribution in [3.63, 3.8) is 0 Å². The summed E-state index contributed by atoms with van der Waals surface area (Å²) in [7, 11) is 0. The number of thioether (sulfide) groups is 1. The normalized spacial score (nSPS) is 10.8. The zero-order chi connectivity index (χ0) is 16.9. The van der Waals surface area contributed by atoms with Crippen molar-refractivity contribution in [2.45, 2.75) is 24.8 Å². The predicted molar refractivity (Wildman–Crippen MR) is 99.7 cm³/mol. The fourth-order valence-corrected chi connectivity index (χ4v) is 3.75. The number of fused-ring (bicyclic) bond motifs is 1. The van der Waals surface area contributed by atoms with Crippen molar-refractivity contribution in [2.75, 3.05) is 17.2 Å². The molecule has 2 aromatic heterocycles. The van der Waals surface area contributed by atoms with Gasteiger partial charge < -0.3 is 10.6 Å². The highest BCUT2D eigenvalue weighted by molar-refractivity contribution is 7.98. The van der Waals surface area contributed by atoms with E-state index in [4.69, 9.17) is 0 Å². The van der Waals surface area contributed by atoms with Gasteiger partial charge in [-0.1, -0.05) is 23.9 Å². The van der Waals surface area contributed by atoms with Gasteiger partial charge in [0.05, 0.1) is 11.2 Å². The van der Waals surface area contributed by atoms with Gasteiger partial charge in [0.2, 0.25) is 5.91 Å². The first kappa shape index (κ1) is 16.7. The van der Waals surface area contributed by atoms with E-state index >= 15 is 0 Å². The second-order valence-electron chi connectivity index (χ2n) is 5.02. The van der Waals surface area contributed by atoms with Gasteiger partial charge in [0.1, 0.15) is 5.82 Å². The lowest BCUT2D eigenvalue weighted by Gasteiger charge is -2.08. The summed E-state index contributed by atoms with van der Waals surface area (Å²) in [6.45, 7) is 4.32. The van der Waals surface area contributed by atoms with Gasteiger partial charge in [-0.05, 0) is 19.1 Å². The Balaban J connectivity index is 1.77. The maximum Gasteiger partial charge on any atom is 0.223 e. The summed E-state index contributed by atoms with van der Waals surface area (Å²) in [6, 6.07) is 7.96. The monoisotopic (exact) mass is 359 g/mol. The van der Waals surface area contributed by atoms with Gasteiger partial charge in [-0.15, -0.1) is 11.3 Å². The minimum atomic E-state index is -0.114. The van der Waals surface area contributed by atoms with Gasteiger partial charge in [0.25, 0.3) is 0 Å². The predicted octanol–water partition coefficient (Wildman–Crippen LogP) is 3.77. The van der Waals surface area contributed by atoms with Crippen LogP contribution in [0.15, 0.2) is 34.8 Å². The summed E-state index contributed by atoms with van der Waals surface area (Å²) < 4.78 is 0. The lowest BCUT2D eigenvalue weighted by atomic mass is 10.2. The summed E-state index contributed by atoms with van der Waals surface area (Å²) in [5, 5.41) is 10.3. The van der Waals surface area contributed by atoms with Crippen LogP contribution in [0.1, 0.15) is 19.5 Å². The first-order valence-electron chi connectivity index (χ1n) is 7.51. The van der Waals surface area contributed by atoms with Crippen LogP contribution in [0, 0.1) is 0 Å². The molecule has 0 saturated heterocycles. The van der Waals surface area contributed by atoms with Crippen LogP contribution in [0.25, 0.3) is 10.9 Å². The Morgan fingerprint density at radius 1 is 1.25 bits per heavy atom. The molecule has 3 aromatic rings. The number of nitrogens with one attached hydrogen (secondary N) is 2. The Hall–Kier alpha value is -2.19. The maximum atomic E-state index is 11.0. The number of thiazole rings is 1. The fraction of sp³-hybridized carbons (Fsp3) is 0.250. The van der Waals surface area contributed by atoms with Crippen molar-refractivity contribution in [3.05, 3.63) is 35.3 Å². The molecule has 8 heteroatoms. The summed E-state index contributed by atoms with van der Waals surface area (Å²) in [6.07, 6.45) is 0. The fourth-order valence-electron chi connectivity index (χ4n) is 2.14. The third kappa shape index (κ3) is 4.01. The van der Waals surface area contributed by atoms with Gasteiger partial charge in [-0.3, -0.25) is 4.79 Å². The van der Waals surface area contributed by atoms with E-state index in [0.717, 1.165) is 29.0 Å². The molecule has 2 heterocycles. The standard InChI is InChI=1S/C16H17N5OS2/c1-3-17-14-12-6-4-5-7-13(12)20-16(21-14)24-9-11-8-23-15(19-11)18-10(2)22/h4-8H,3,9H2,1-2H3,(H,17,20,21)(H,18,19,22). The molecule has 1 aromatic carbocycles. The van der Waals surface area contributed by atoms with Gasteiger partial charge >= 0.3 is 0 Å². The molecule has 0 unspecified atom stereocenters. The molecular formula is C16H17N5OS2. The van der Waals surface area contributed by atoms with Crippen molar-refractivity contribution in [1.82, 2.24) is 15.0 Å². The Kier molecular flexibility index (Phi) is 5.27. The highest BCUT2D eigenvalue weighted by atomic mass is 32.2. The smallest absolute Gasteiger partial charge is 0.223 e. The number of hydrogen-bond acceptors (Lipinski definition) is 7. The Morgan fingerprint density at radius 2 is 2.08 bits per heavy atom. The largest absolute Gasteiger partial charge is 0.370 e. The average molecular weight is 359 g/mol. The number of anilines is 2. The summed E-state index contributed by atoms with van der Waals surface area (Å²) in [5.41, 5.74) is 1.82. The molecular weight excluding hydrogens is 342 g/mol. The molecule has 0 aliphatic carbocycles. The minimum absolute atomic E-state index is 0.114. The number of carbonyl (C=O) groups is 1. The van der Waals surface area contributed by atoms with Crippen molar-refractivity contribution < 1.29 is 4.79 Å². The van der Waals surface area contributed by atoms with Crippen molar-refractivity contribution in [1.29, 1.82) is 0 Å². The molecule has 0 saturated carbocycles. The van der Waals surface area contributed by atoms with E-state index in [9.17, 15) is 4.79 Å². The number of carbonyl (C=O) groups excluding carboxylic acids is 1. The average Bonchev–Trinajstić information content (AvgIpc) is 3.00. The molecule has 0 spiro atoms. The Labute approximate surface area is 148 Å². The molecule has 0 fully saturated rings. The van der Waals surface area contributed by atoms with Crippen molar-refractivity contribution in [2.24, 2.45) is 0 Å². The lowest BCUT2D eigenvalue weighted by Crippen LogP contribution is -2.05. The maximum absolute atomic E-state index is 11.0. The van der Waals surface area contributed by atoms with Crippen LogP contribution in [0.4, 0.5) is 10.9 Å². The highest BCUT2D eigenvalue weighted by Crippen LogP contribution is 2.27. The number of para-hydroxylation sites is 1. The molecule has 6 nitrogen and oxygen atoms in total. The van der Waals surface area contributed by atoms with E-state index in [1.54, 1.807) is 0 Å². The molecule has 0 radical (unpaired) electrons. The number of hydrogen-bond donors (Lipinski definition) is 2. The van der Waals surface area contributed by atoms with Crippen LogP contribution in [-0.2, 0) is 10.5 Å². The molecule has 0 bridgehead atoms. The molecule has 3 rings (SSSR count). The first-order valence-corrected chi connectivity index (χ1v) is 9.37. The van der Waals surface area contributed by atoms with E-state index in [2.05, 4.69) is 25.6 Å². The second kappa shape index (κ2) is 7.59. The molecule has 0 aliphatic heterocycles. The van der Waals surface area contributed by atoms with Gasteiger partial charge in [-0.2, -0.15) is 0 Å². The minimum Gasteiger partial charge on any atom is -0.370 e. The van der Waals surface area contributed by atoms with Crippen LogP contribution < -0.4 is 10.6 Å². The van der Waals surface area contributed by atoms with Crippen LogP contribution in [0.5, 0.6) is 0 Å². The van der Waals surface area contributed by atoms with E-state index in [0.29, 0.717) is 16.0 Å². The van der Waals surface area contributed by atoms with Gasteiger partial charge in [0, 0.05) is 30.0 Å². The zero-order valence-electron chi connectivity index (χ0n) is 13.4. The SMILES string of the molecule is CCNc1nc(SCc2csc(NC(C)=O)n2)nc2ccccc12. The highest BCUT2D eigenvalue weighted by Gasteiger charge is 2.09. The molecule has 1 amide bonds. The summed E-state index contributed by atoms with van der Waals surface area (Å²) in [5.74, 6) is 1.39. The quantitative estimate of drug-likeness (QED) is 0.515. The summed E-state index contributed by atoms with van der Waals surface area (Å²) in [4.78, 5) is 24.6. The number of nitrogens with zero attached hydrogens (tertiary/aromatic N) is 3. The number of amides is 1. The molecule has 2 N–H and O–H groups in total. The van der Waals surface area contributed by atoms with E-state index < -0.39 is 0 Å². The molecule has 24 heavy (non-hydrogen) atoms. The van der Waals surface area contributed by atoms with E-state index in [1.807, 2.05) is 36.6 Å².